The van der Waals surface area contributed by atoms with Gasteiger partial charge in [0.1, 0.15) is 0 Å². The number of amides is 1. The Morgan fingerprint density at radius 2 is 2.11 bits per heavy atom. The van der Waals surface area contributed by atoms with Gasteiger partial charge in [0.2, 0.25) is 0 Å². The van der Waals surface area contributed by atoms with Crippen LogP contribution in [0.5, 0.6) is 0 Å². The number of carbonyl (C=O) groups is 1. The number of nitrogens with two attached hydrogens (primary N) is 1. The largest absolute Gasteiger partial charge is 0.345 e. The summed E-state index contributed by atoms with van der Waals surface area (Å²) in [5.74, 6) is 0.535. The number of rotatable bonds is 4. The Morgan fingerprint density at radius 3 is 2.67 bits per heavy atom. The highest BCUT2D eigenvalue weighted by molar-refractivity contribution is 5.96. The molecule has 1 atom stereocenters. The van der Waals surface area contributed by atoms with Gasteiger partial charge in [0.25, 0.3) is 5.91 Å². The molecule has 1 unspecified atom stereocenters. The van der Waals surface area contributed by atoms with Gasteiger partial charge in [-0.25, -0.2) is 0 Å². The van der Waals surface area contributed by atoms with Gasteiger partial charge in [-0.3, -0.25) is 4.79 Å². The number of hydrogen-bond acceptors (Lipinski definition) is 2. The van der Waals surface area contributed by atoms with Crippen molar-refractivity contribution in [3.05, 3.63) is 34.9 Å². The standard InChI is InChI=1S/C15H22N2O/c1-10-5-4-6-13(11(10)2)14(18)17-15(3,9-16)12-7-8-12/h4-6,12H,7-9,16H2,1-3H3,(H,17,18). The third kappa shape index (κ3) is 2.41. The van der Waals surface area contributed by atoms with Crippen molar-refractivity contribution in [2.75, 3.05) is 6.54 Å². The third-order valence-corrected chi connectivity index (χ3v) is 4.15. The first kappa shape index (κ1) is 13.1. The van der Waals surface area contributed by atoms with Crippen LogP contribution in [0.15, 0.2) is 18.2 Å². The SMILES string of the molecule is Cc1cccc(C(=O)NC(C)(CN)C2CC2)c1C. The molecule has 0 radical (unpaired) electrons. The first-order chi connectivity index (χ1) is 8.48. The predicted molar refractivity (Wildman–Crippen MR) is 73.6 cm³/mol. The normalized spacial score (nSPS) is 18.2. The summed E-state index contributed by atoms with van der Waals surface area (Å²) in [6, 6.07) is 5.82. The maximum atomic E-state index is 12.4. The van der Waals surface area contributed by atoms with E-state index in [4.69, 9.17) is 5.73 Å². The molecule has 1 aliphatic rings. The average molecular weight is 246 g/mol. The minimum Gasteiger partial charge on any atom is -0.345 e. The van der Waals surface area contributed by atoms with Crippen molar-refractivity contribution in [2.24, 2.45) is 11.7 Å². The quantitative estimate of drug-likeness (QED) is 0.855. The summed E-state index contributed by atoms with van der Waals surface area (Å²) in [6.07, 6.45) is 2.33. The van der Waals surface area contributed by atoms with Crippen molar-refractivity contribution in [2.45, 2.75) is 39.2 Å². The molecule has 1 fully saturated rings. The Labute approximate surface area is 109 Å². The van der Waals surface area contributed by atoms with Crippen LogP contribution in [0.25, 0.3) is 0 Å². The zero-order valence-electron chi connectivity index (χ0n) is 11.4. The minimum absolute atomic E-state index is 0.00366. The summed E-state index contributed by atoms with van der Waals surface area (Å²) in [6.45, 7) is 6.55. The number of hydrogen-bond donors (Lipinski definition) is 2. The number of benzene rings is 1. The van der Waals surface area contributed by atoms with E-state index in [1.807, 2.05) is 39.0 Å². The van der Waals surface area contributed by atoms with Crippen molar-refractivity contribution < 1.29 is 4.79 Å². The Morgan fingerprint density at radius 1 is 1.44 bits per heavy atom. The summed E-state index contributed by atoms with van der Waals surface area (Å²) >= 11 is 0. The fourth-order valence-electron chi connectivity index (χ4n) is 2.36. The summed E-state index contributed by atoms with van der Waals surface area (Å²) < 4.78 is 0. The predicted octanol–water partition coefficient (Wildman–Crippen LogP) is 2.16. The Bertz CT molecular complexity index is 466. The monoisotopic (exact) mass is 246 g/mol. The molecule has 1 amide bonds. The van der Waals surface area contributed by atoms with Gasteiger partial charge in [-0.05, 0) is 56.7 Å². The molecule has 98 valence electrons. The van der Waals surface area contributed by atoms with E-state index in [2.05, 4.69) is 5.32 Å². The topological polar surface area (TPSA) is 55.1 Å². The van der Waals surface area contributed by atoms with Crippen molar-refractivity contribution in [3.8, 4) is 0 Å². The summed E-state index contributed by atoms with van der Waals surface area (Å²) in [5.41, 5.74) is 8.52. The van der Waals surface area contributed by atoms with Gasteiger partial charge >= 0.3 is 0 Å². The molecule has 18 heavy (non-hydrogen) atoms. The summed E-state index contributed by atoms with van der Waals surface area (Å²) in [4.78, 5) is 12.4. The lowest BCUT2D eigenvalue weighted by Gasteiger charge is -2.30. The van der Waals surface area contributed by atoms with Crippen molar-refractivity contribution in [1.29, 1.82) is 0 Å². The molecular weight excluding hydrogens is 224 g/mol. The number of nitrogens with one attached hydrogen (secondary N) is 1. The fourth-order valence-corrected chi connectivity index (χ4v) is 2.36. The number of carbonyl (C=O) groups excluding carboxylic acids is 1. The lowest BCUT2D eigenvalue weighted by atomic mass is 9.94. The molecule has 0 aromatic heterocycles. The molecule has 1 aromatic carbocycles. The molecule has 0 aliphatic heterocycles. The van der Waals surface area contributed by atoms with Gasteiger partial charge in [-0.15, -0.1) is 0 Å². The summed E-state index contributed by atoms with van der Waals surface area (Å²) in [7, 11) is 0. The molecular formula is C15H22N2O. The molecule has 1 aliphatic carbocycles. The van der Waals surface area contributed by atoms with Gasteiger partial charge < -0.3 is 11.1 Å². The van der Waals surface area contributed by atoms with Crippen LogP contribution in [0.1, 0.15) is 41.3 Å². The van der Waals surface area contributed by atoms with E-state index >= 15 is 0 Å². The third-order valence-electron chi connectivity index (χ3n) is 4.15. The van der Waals surface area contributed by atoms with E-state index in [9.17, 15) is 4.79 Å². The molecule has 0 saturated heterocycles. The van der Waals surface area contributed by atoms with E-state index < -0.39 is 0 Å². The van der Waals surface area contributed by atoms with E-state index in [1.54, 1.807) is 0 Å². The van der Waals surface area contributed by atoms with Gasteiger partial charge in [-0.2, -0.15) is 0 Å². The lowest BCUT2D eigenvalue weighted by Crippen LogP contribution is -2.53. The molecule has 0 heterocycles. The average Bonchev–Trinajstić information content (AvgIpc) is 3.16. The van der Waals surface area contributed by atoms with Crippen LogP contribution < -0.4 is 11.1 Å². The molecule has 1 aromatic rings. The maximum Gasteiger partial charge on any atom is 0.252 e. The van der Waals surface area contributed by atoms with Crippen LogP contribution in [-0.2, 0) is 0 Å². The highest BCUT2D eigenvalue weighted by atomic mass is 16.1. The molecule has 3 heteroatoms. The Balaban J connectivity index is 2.19. The van der Waals surface area contributed by atoms with Crippen molar-refractivity contribution in [3.63, 3.8) is 0 Å². The van der Waals surface area contributed by atoms with Crippen molar-refractivity contribution in [1.82, 2.24) is 5.32 Å². The van der Waals surface area contributed by atoms with Crippen LogP contribution in [0.2, 0.25) is 0 Å². The molecule has 2 rings (SSSR count). The second-order valence-electron chi connectivity index (χ2n) is 5.60. The molecule has 3 N–H and O–H groups in total. The van der Waals surface area contributed by atoms with Crippen LogP contribution in [0.3, 0.4) is 0 Å². The van der Waals surface area contributed by atoms with Gasteiger partial charge in [0.05, 0.1) is 5.54 Å². The highest BCUT2D eigenvalue weighted by Crippen LogP contribution is 2.39. The highest BCUT2D eigenvalue weighted by Gasteiger charge is 2.41. The molecule has 3 nitrogen and oxygen atoms in total. The van der Waals surface area contributed by atoms with E-state index in [0.717, 1.165) is 16.7 Å². The lowest BCUT2D eigenvalue weighted by molar-refractivity contribution is 0.0897. The second-order valence-corrected chi connectivity index (χ2v) is 5.60. The molecule has 0 bridgehead atoms. The minimum atomic E-state index is -0.257. The van der Waals surface area contributed by atoms with Gasteiger partial charge in [-0.1, -0.05) is 12.1 Å². The van der Waals surface area contributed by atoms with E-state index in [-0.39, 0.29) is 11.4 Å². The fraction of sp³-hybridized carbons (Fsp3) is 0.533. The maximum absolute atomic E-state index is 12.4. The van der Waals surface area contributed by atoms with Crippen molar-refractivity contribution >= 4 is 5.91 Å². The van der Waals surface area contributed by atoms with Gasteiger partial charge in [0.15, 0.2) is 0 Å². The first-order valence-corrected chi connectivity index (χ1v) is 6.57. The molecule has 1 saturated carbocycles. The van der Waals surface area contributed by atoms with Crippen LogP contribution in [-0.4, -0.2) is 18.0 Å². The Hall–Kier alpha value is -1.35. The molecule has 0 spiro atoms. The zero-order valence-corrected chi connectivity index (χ0v) is 11.4. The zero-order chi connectivity index (χ0) is 13.3. The number of aryl methyl sites for hydroxylation is 1. The van der Waals surface area contributed by atoms with Gasteiger partial charge in [0, 0.05) is 12.1 Å². The van der Waals surface area contributed by atoms with Crippen LogP contribution in [0.4, 0.5) is 0 Å². The van der Waals surface area contributed by atoms with E-state index in [1.165, 1.54) is 12.8 Å². The van der Waals surface area contributed by atoms with E-state index in [0.29, 0.717) is 12.5 Å². The van der Waals surface area contributed by atoms with Crippen LogP contribution in [0, 0.1) is 19.8 Å². The smallest absolute Gasteiger partial charge is 0.252 e. The second kappa shape index (κ2) is 4.73. The Kier molecular flexibility index (Phi) is 3.44. The summed E-state index contributed by atoms with van der Waals surface area (Å²) in [5, 5.41) is 3.13. The first-order valence-electron chi connectivity index (χ1n) is 6.57. The van der Waals surface area contributed by atoms with Crippen LogP contribution >= 0.6 is 0 Å².